The third kappa shape index (κ3) is 5.61. The second kappa shape index (κ2) is 11.6. The lowest BCUT2D eigenvalue weighted by Crippen LogP contribution is -2.27. The predicted molar refractivity (Wildman–Crippen MR) is 202 cm³/mol. The van der Waals surface area contributed by atoms with E-state index in [2.05, 4.69) is 168 Å². The number of rotatable bonds is 5. The van der Waals surface area contributed by atoms with Crippen molar-refractivity contribution in [3.63, 3.8) is 0 Å². The van der Waals surface area contributed by atoms with Gasteiger partial charge in [0.1, 0.15) is 17.3 Å². The number of hydrogen-bond donors (Lipinski definition) is 0. The van der Waals surface area contributed by atoms with E-state index >= 15 is 0 Å². The SMILES string of the molecule is CC1=C(C)N(c2ccc(C(C)(C)C)cc2C)CN1c1cccc(Oc2ccc3c4ccccc4n(-c4cc(C(C)(C)C)ccn4)c3c2)c1. The van der Waals surface area contributed by atoms with E-state index in [1.807, 2.05) is 12.3 Å². The van der Waals surface area contributed by atoms with Crippen LogP contribution < -0.4 is 14.5 Å². The van der Waals surface area contributed by atoms with Crippen LogP contribution in [0.4, 0.5) is 11.4 Å². The van der Waals surface area contributed by atoms with Crippen LogP contribution >= 0.6 is 0 Å². The maximum Gasteiger partial charge on any atom is 0.137 e. The number of pyridine rings is 1. The molecule has 6 aromatic rings. The van der Waals surface area contributed by atoms with Crippen molar-refractivity contribution < 1.29 is 4.74 Å². The summed E-state index contributed by atoms with van der Waals surface area (Å²) in [6.07, 6.45) is 1.92. The summed E-state index contributed by atoms with van der Waals surface area (Å²) in [5.41, 5.74) is 11.1. The number of anilines is 2. The predicted octanol–water partition coefficient (Wildman–Crippen LogP) is 11.4. The van der Waals surface area contributed by atoms with Crippen LogP contribution in [0.25, 0.3) is 27.6 Å². The summed E-state index contributed by atoms with van der Waals surface area (Å²) >= 11 is 0. The Kier molecular flexibility index (Phi) is 7.62. The standard InChI is InChI=1S/C43H46N4O/c1-28-23-31(42(4,5)6)17-20-38(28)46-27-45(29(2)30(46)3)33-13-12-14-34(25-33)48-35-18-19-37-36-15-10-11-16-39(36)47(40(37)26-35)41-24-32(21-22-44-41)43(7,8)9/h10-26H,27H2,1-9H3. The molecule has 1 aliphatic heterocycles. The highest BCUT2D eigenvalue weighted by molar-refractivity contribution is 6.09. The summed E-state index contributed by atoms with van der Waals surface area (Å²) in [4.78, 5) is 9.62. The first-order chi connectivity index (χ1) is 22.8. The van der Waals surface area contributed by atoms with Gasteiger partial charge in [0, 0.05) is 51.9 Å². The Morgan fingerprint density at radius 3 is 2.04 bits per heavy atom. The second-order valence-electron chi connectivity index (χ2n) is 15.2. The molecule has 0 bridgehead atoms. The molecule has 3 heterocycles. The summed E-state index contributed by atoms with van der Waals surface area (Å²) in [5.74, 6) is 2.50. The van der Waals surface area contributed by atoms with Gasteiger partial charge in [-0.3, -0.25) is 4.57 Å². The summed E-state index contributed by atoms with van der Waals surface area (Å²) < 4.78 is 8.86. The van der Waals surface area contributed by atoms with Crippen LogP contribution in [-0.2, 0) is 10.8 Å². The van der Waals surface area contributed by atoms with Crippen molar-refractivity contribution in [3.05, 3.63) is 131 Å². The molecule has 2 aromatic heterocycles. The van der Waals surface area contributed by atoms with Crippen LogP contribution in [0, 0.1) is 6.92 Å². The molecule has 0 spiro atoms. The van der Waals surface area contributed by atoms with Gasteiger partial charge in [0.2, 0.25) is 0 Å². The average molecular weight is 635 g/mol. The fraction of sp³-hybridized carbons (Fsp3) is 0.279. The summed E-state index contributed by atoms with van der Waals surface area (Å²) in [5, 5.41) is 2.37. The molecule has 0 saturated heterocycles. The van der Waals surface area contributed by atoms with Gasteiger partial charge in [0.05, 0.1) is 17.7 Å². The van der Waals surface area contributed by atoms with Crippen molar-refractivity contribution in [3.8, 4) is 17.3 Å². The topological polar surface area (TPSA) is 33.5 Å². The van der Waals surface area contributed by atoms with Crippen LogP contribution in [0.2, 0.25) is 0 Å². The number of fused-ring (bicyclic) bond motifs is 3. The third-order valence-electron chi connectivity index (χ3n) is 9.82. The third-order valence-corrected chi connectivity index (χ3v) is 9.82. The second-order valence-corrected chi connectivity index (χ2v) is 15.2. The van der Waals surface area contributed by atoms with Gasteiger partial charge in [0.15, 0.2) is 0 Å². The Hall–Kier alpha value is -5.03. The number of aryl methyl sites for hydroxylation is 1. The Morgan fingerprint density at radius 2 is 1.29 bits per heavy atom. The molecule has 0 atom stereocenters. The van der Waals surface area contributed by atoms with Gasteiger partial charge in [-0.1, -0.05) is 77.9 Å². The van der Waals surface area contributed by atoms with Gasteiger partial charge < -0.3 is 14.5 Å². The highest BCUT2D eigenvalue weighted by Gasteiger charge is 2.27. The fourth-order valence-electron chi connectivity index (χ4n) is 6.82. The lowest BCUT2D eigenvalue weighted by molar-refractivity contribution is 0.483. The van der Waals surface area contributed by atoms with E-state index in [4.69, 9.17) is 9.72 Å². The quantitative estimate of drug-likeness (QED) is 0.189. The molecule has 0 unspecified atom stereocenters. The number of benzene rings is 4. The van der Waals surface area contributed by atoms with Gasteiger partial charge in [-0.25, -0.2) is 4.98 Å². The van der Waals surface area contributed by atoms with Gasteiger partial charge >= 0.3 is 0 Å². The fourth-order valence-corrected chi connectivity index (χ4v) is 6.82. The number of allylic oxidation sites excluding steroid dienone is 2. The number of aromatic nitrogens is 2. The number of nitrogens with zero attached hydrogens (tertiary/aromatic N) is 4. The first kappa shape index (κ1) is 31.6. The molecule has 0 radical (unpaired) electrons. The monoisotopic (exact) mass is 634 g/mol. The molecule has 4 aromatic carbocycles. The minimum Gasteiger partial charge on any atom is -0.457 e. The zero-order chi connectivity index (χ0) is 34.0. The van der Waals surface area contributed by atoms with Crippen molar-refractivity contribution in [1.82, 2.24) is 9.55 Å². The van der Waals surface area contributed by atoms with Gasteiger partial charge in [-0.15, -0.1) is 0 Å². The minimum atomic E-state index is 0.0178. The highest BCUT2D eigenvalue weighted by Crippen LogP contribution is 2.39. The first-order valence-electron chi connectivity index (χ1n) is 16.9. The Balaban J connectivity index is 1.21. The van der Waals surface area contributed by atoms with E-state index in [9.17, 15) is 0 Å². The average Bonchev–Trinajstić information content (AvgIpc) is 3.53. The Morgan fingerprint density at radius 1 is 0.604 bits per heavy atom. The number of para-hydroxylation sites is 1. The molecule has 244 valence electrons. The smallest absolute Gasteiger partial charge is 0.137 e. The molecule has 0 fully saturated rings. The van der Waals surface area contributed by atoms with Crippen molar-refractivity contribution in [2.24, 2.45) is 0 Å². The molecular formula is C43H46N4O. The van der Waals surface area contributed by atoms with Crippen molar-refractivity contribution in [1.29, 1.82) is 0 Å². The maximum absolute atomic E-state index is 6.60. The molecular weight excluding hydrogens is 589 g/mol. The molecule has 0 amide bonds. The number of hydrogen-bond acceptors (Lipinski definition) is 4. The van der Waals surface area contributed by atoms with E-state index in [1.54, 1.807) is 0 Å². The molecule has 48 heavy (non-hydrogen) atoms. The zero-order valence-corrected chi connectivity index (χ0v) is 29.7. The van der Waals surface area contributed by atoms with Crippen molar-refractivity contribution in [2.75, 3.05) is 16.5 Å². The largest absolute Gasteiger partial charge is 0.457 e. The lowest BCUT2D eigenvalue weighted by atomic mass is 9.86. The van der Waals surface area contributed by atoms with Gasteiger partial charge in [-0.2, -0.15) is 0 Å². The molecule has 1 aliphatic rings. The van der Waals surface area contributed by atoms with E-state index in [1.165, 1.54) is 44.5 Å². The molecule has 5 nitrogen and oxygen atoms in total. The van der Waals surface area contributed by atoms with Crippen LogP contribution in [-0.4, -0.2) is 16.2 Å². The molecule has 5 heteroatoms. The van der Waals surface area contributed by atoms with Crippen molar-refractivity contribution in [2.45, 2.75) is 73.1 Å². The minimum absolute atomic E-state index is 0.0178. The summed E-state index contributed by atoms with van der Waals surface area (Å²) in [7, 11) is 0. The maximum atomic E-state index is 6.60. The molecule has 0 aliphatic carbocycles. The van der Waals surface area contributed by atoms with Gasteiger partial charge in [0.25, 0.3) is 0 Å². The molecule has 7 rings (SSSR count). The van der Waals surface area contributed by atoms with E-state index in [0.717, 1.165) is 40.7 Å². The molecule has 0 saturated carbocycles. The first-order valence-corrected chi connectivity index (χ1v) is 16.9. The van der Waals surface area contributed by atoms with Crippen LogP contribution in [0.3, 0.4) is 0 Å². The van der Waals surface area contributed by atoms with Crippen LogP contribution in [0.5, 0.6) is 11.5 Å². The normalized spacial score (nSPS) is 14.1. The highest BCUT2D eigenvalue weighted by atomic mass is 16.5. The number of ether oxygens (including phenoxy) is 1. The molecule has 0 N–H and O–H groups in total. The van der Waals surface area contributed by atoms with E-state index in [0.29, 0.717) is 0 Å². The van der Waals surface area contributed by atoms with Crippen LogP contribution in [0.1, 0.15) is 72.1 Å². The van der Waals surface area contributed by atoms with E-state index < -0.39 is 0 Å². The summed E-state index contributed by atoms with van der Waals surface area (Å²) in [6, 6.07) is 34.6. The Bertz CT molecular complexity index is 2210. The van der Waals surface area contributed by atoms with Gasteiger partial charge in [-0.05, 0) is 96.8 Å². The van der Waals surface area contributed by atoms with Crippen LogP contribution in [0.15, 0.2) is 115 Å². The van der Waals surface area contributed by atoms with E-state index in [-0.39, 0.29) is 10.8 Å². The summed E-state index contributed by atoms with van der Waals surface area (Å²) in [6.45, 7) is 20.9. The Labute approximate surface area is 285 Å². The zero-order valence-electron chi connectivity index (χ0n) is 29.7. The van der Waals surface area contributed by atoms with Crippen molar-refractivity contribution >= 4 is 33.2 Å². The lowest BCUT2D eigenvalue weighted by Gasteiger charge is -2.27.